The zero-order valence-electron chi connectivity index (χ0n) is 41.1. The van der Waals surface area contributed by atoms with Gasteiger partial charge in [-0.1, -0.05) is 225 Å². The van der Waals surface area contributed by atoms with E-state index >= 15 is 0 Å². The van der Waals surface area contributed by atoms with E-state index in [1.807, 2.05) is 6.07 Å². The molecule has 0 saturated carbocycles. The zero-order chi connectivity index (χ0) is 48.7. The smallest absolute Gasteiger partial charge is 0.0535 e. The van der Waals surface area contributed by atoms with Gasteiger partial charge in [-0.2, -0.15) is 0 Å². The lowest BCUT2D eigenvalue weighted by Crippen LogP contribution is -2.35. The normalized spacial score (nSPS) is 20.1. The van der Waals surface area contributed by atoms with E-state index in [-0.39, 0.29) is 11.3 Å². The van der Waals surface area contributed by atoms with Crippen molar-refractivity contribution in [2.45, 2.75) is 25.2 Å². The molecule has 0 fully saturated rings. The number of anilines is 3. The second kappa shape index (κ2) is 18.8. The topological polar surface area (TPSA) is 3.24 Å². The standard InChI is InChI=1S/C72H55N/c1-50-46-58(48-56-22-11-12-31-64(50)56)55-24-17-23-54(47-55)51-38-42-61(43-39-51)73(63-30-18-25-57(49-63)66-33-14-13-32-65(66)52-20-5-2-6-21-52)62-44-40-53(41-45-62)67-35-19-37-70-71(67)68-34-15-16-36-69(68)72(70,59-26-7-3-8-27-59)60-28-9-4-10-29-60/h2-3,5-9,11-26,28-47,49-50,56,59,64H,27,48H2,1H3. The van der Waals surface area contributed by atoms with E-state index in [2.05, 4.69) is 285 Å². The third-order valence-electron chi connectivity index (χ3n) is 16.1. The summed E-state index contributed by atoms with van der Waals surface area (Å²) in [6, 6.07) is 85.1. The second-order valence-corrected chi connectivity index (χ2v) is 20.2. The molecule has 0 saturated heterocycles. The first-order valence-corrected chi connectivity index (χ1v) is 26.0. The number of benzene rings is 8. The van der Waals surface area contributed by atoms with Gasteiger partial charge in [-0.05, 0) is 181 Å². The number of fused-ring (bicyclic) bond motifs is 4. The first kappa shape index (κ1) is 44.3. The summed E-state index contributed by atoms with van der Waals surface area (Å²) in [5, 5.41) is 0. The van der Waals surface area contributed by atoms with Crippen molar-refractivity contribution >= 4 is 22.6 Å². The van der Waals surface area contributed by atoms with Crippen LogP contribution in [0.5, 0.6) is 0 Å². The van der Waals surface area contributed by atoms with Gasteiger partial charge in [0.15, 0.2) is 0 Å². The second-order valence-electron chi connectivity index (χ2n) is 20.2. The van der Waals surface area contributed by atoms with Crippen molar-refractivity contribution in [3.05, 3.63) is 301 Å². The number of nitrogens with zero attached hydrogens (tertiary/aromatic N) is 1. The minimum atomic E-state index is -0.372. The molecule has 5 unspecified atom stereocenters. The Morgan fingerprint density at radius 2 is 1.10 bits per heavy atom. The lowest BCUT2D eigenvalue weighted by Gasteiger charge is -2.39. The van der Waals surface area contributed by atoms with Gasteiger partial charge in [0.05, 0.1) is 5.41 Å². The maximum Gasteiger partial charge on any atom is 0.0535 e. The van der Waals surface area contributed by atoms with Crippen molar-refractivity contribution in [3.8, 4) is 55.6 Å². The van der Waals surface area contributed by atoms with Crippen LogP contribution in [0.4, 0.5) is 17.1 Å². The number of rotatable bonds is 10. The molecule has 0 heterocycles. The molecule has 4 aliphatic rings. The van der Waals surface area contributed by atoms with E-state index < -0.39 is 0 Å². The van der Waals surface area contributed by atoms with Gasteiger partial charge >= 0.3 is 0 Å². The molecule has 0 N–H and O–H groups in total. The fraction of sp³-hybridized carbons (Fsp3) is 0.111. The summed E-state index contributed by atoms with van der Waals surface area (Å²) < 4.78 is 0. The summed E-state index contributed by atoms with van der Waals surface area (Å²) in [6.07, 6.45) is 22.9. The van der Waals surface area contributed by atoms with Crippen LogP contribution >= 0.6 is 0 Å². The van der Waals surface area contributed by atoms with Crippen LogP contribution < -0.4 is 4.90 Å². The molecule has 0 aliphatic heterocycles. The van der Waals surface area contributed by atoms with E-state index in [1.54, 1.807) is 0 Å². The van der Waals surface area contributed by atoms with Crippen molar-refractivity contribution in [2.24, 2.45) is 23.7 Å². The molecule has 0 bridgehead atoms. The maximum atomic E-state index is 3.33. The van der Waals surface area contributed by atoms with E-state index in [1.165, 1.54) is 83.5 Å². The quantitative estimate of drug-likeness (QED) is 0.132. The summed E-state index contributed by atoms with van der Waals surface area (Å²) in [7, 11) is 0. The summed E-state index contributed by atoms with van der Waals surface area (Å²) >= 11 is 0. The maximum absolute atomic E-state index is 3.33. The first-order chi connectivity index (χ1) is 36.1. The highest BCUT2D eigenvalue weighted by Gasteiger charge is 2.49. The highest BCUT2D eigenvalue weighted by atomic mass is 15.1. The molecular weight excluding hydrogens is 879 g/mol. The minimum Gasteiger partial charge on any atom is -0.310 e. The molecule has 13 rings (SSSR count). The predicted octanol–water partition coefficient (Wildman–Crippen LogP) is 18.7. The molecule has 348 valence electrons. The Hall–Kier alpha value is -8.70. The van der Waals surface area contributed by atoms with Gasteiger partial charge in [-0.3, -0.25) is 0 Å². The van der Waals surface area contributed by atoms with Gasteiger partial charge in [0, 0.05) is 17.1 Å². The van der Waals surface area contributed by atoms with Gasteiger partial charge in [-0.25, -0.2) is 0 Å². The average molecular weight is 934 g/mol. The van der Waals surface area contributed by atoms with Gasteiger partial charge in [0.1, 0.15) is 0 Å². The monoisotopic (exact) mass is 933 g/mol. The average Bonchev–Trinajstić information content (AvgIpc) is 3.78. The molecule has 1 nitrogen and oxygen atoms in total. The fourth-order valence-electron chi connectivity index (χ4n) is 12.8. The largest absolute Gasteiger partial charge is 0.310 e. The van der Waals surface area contributed by atoms with Crippen LogP contribution in [0.25, 0.3) is 61.2 Å². The Bertz CT molecular complexity index is 3640. The molecule has 4 aliphatic carbocycles. The van der Waals surface area contributed by atoms with Gasteiger partial charge in [-0.15, -0.1) is 0 Å². The number of allylic oxidation sites excluding steroid dienone is 10. The van der Waals surface area contributed by atoms with Crippen molar-refractivity contribution in [3.63, 3.8) is 0 Å². The summed E-state index contributed by atoms with van der Waals surface area (Å²) in [5.74, 6) is 1.88. The Labute approximate surface area is 431 Å². The number of hydrogen-bond donors (Lipinski definition) is 0. The van der Waals surface area contributed by atoms with E-state index in [0.717, 1.165) is 29.9 Å². The molecule has 9 aromatic rings. The van der Waals surface area contributed by atoms with Crippen LogP contribution in [-0.2, 0) is 5.41 Å². The van der Waals surface area contributed by atoms with E-state index in [4.69, 9.17) is 0 Å². The SMILES string of the molecule is CC1C=C(c2cccc(-c3ccc(N(c4ccc(-c5cccc6c5-c5ccccc5C6(c5cc#ccc5)C5C=CC=CC5)cc4)c4cccc(-c5ccccc5-c5ccccc5)c4)cc3)c2)CC2C=CC=CC12. The first-order valence-electron chi connectivity index (χ1n) is 26.0. The summed E-state index contributed by atoms with van der Waals surface area (Å²) in [4.78, 5) is 2.41. The third-order valence-corrected chi connectivity index (χ3v) is 16.1. The molecule has 9 aromatic carbocycles. The molecule has 0 amide bonds. The van der Waals surface area contributed by atoms with Crippen LogP contribution in [0, 0.1) is 35.8 Å². The van der Waals surface area contributed by atoms with Gasteiger partial charge in [0.25, 0.3) is 0 Å². The van der Waals surface area contributed by atoms with Crippen molar-refractivity contribution in [1.29, 1.82) is 0 Å². The Balaban J connectivity index is 0.904. The van der Waals surface area contributed by atoms with Crippen LogP contribution in [0.2, 0.25) is 0 Å². The fourth-order valence-corrected chi connectivity index (χ4v) is 12.8. The van der Waals surface area contributed by atoms with E-state index in [9.17, 15) is 0 Å². The molecular formula is C72H55N. The zero-order valence-corrected chi connectivity index (χ0v) is 41.1. The molecule has 0 radical (unpaired) electrons. The van der Waals surface area contributed by atoms with Crippen molar-refractivity contribution in [1.82, 2.24) is 0 Å². The van der Waals surface area contributed by atoms with Crippen molar-refractivity contribution in [2.75, 3.05) is 4.90 Å². The predicted molar refractivity (Wildman–Crippen MR) is 306 cm³/mol. The lowest BCUT2D eigenvalue weighted by molar-refractivity contribution is 0.379. The highest BCUT2D eigenvalue weighted by molar-refractivity contribution is 5.95. The lowest BCUT2D eigenvalue weighted by atomic mass is 9.62. The Morgan fingerprint density at radius 3 is 1.88 bits per heavy atom. The molecule has 0 spiro atoms. The minimum absolute atomic E-state index is 0.241. The molecule has 5 atom stereocenters. The van der Waals surface area contributed by atoms with Crippen LogP contribution in [-0.4, -0.2) is 0 Å². The Kier molecular flexibility index (Phi) is 11.4. The van der Waals surface area contributed by atoms with Gasteiger partial charge < -0.3 is 4.90 Å². The summed E-state index contributed by atoms with van der Waals surface area (Å²) in [6.45, 7) is 2.37. The molecule has 1 heteroatoms. The van der Waals surface area contributed by atoms with E-state index in [0.29, 0.717) is 17.8 Å². The number of hydrogen-bond acceptors (Lipinski definition) is 1. The Morgan fingerprint density at radius 1 is 0.466 bits per heavy atom. The van der Waals surface area contributed by atoms with Crippen molar-refractivity contribution < 1.29 is 0 Å². The third kappa shape index (κ3) is 7.83. The molecule has 73 heavy (non-hydrogen) atoms. The van der Waals surface area contributed by atoms with Crippen LogP contribution in [0.3, 0.4) is 0 Å². The summed E-state index contributed by atoms with van der Waals surface area (Å²) in [5.41, 5.74) is 21.9. The van der Waals surface area contributed by atoms with Crippen LogP contribution in [0.1, 0.15) is 42.0 Å². The van der Waals surface area contributed by atoms with Gasteiger partial charge in [0.2, 0.25) is 0 Å². The van der Waals surface area contributed by atoms with Crippen LogP contribution in [0.15, 0.2) is 267 Å². The molecule has 0 aromatic heterocycles. The highest BCUT2D eigenvalue weighted by Crippen LogP contribution is 2.60.